The van der Waals surface area contributed by atoms with E-state index >= 15 is 0 Å². The van der Waals surface area contributed by atoms with Crippen LogP contribution in [0.4, 0.5) is 10.1 Å². The molecule has 170 valence electrons. The number of halogens is 1. The van der Waals surface area contributed by atoms with E-state index in [4.69, 9.17) is 0 Å². The molecule has 0 aliphatic rings. The lowest BCUT2D eigenvalue weighted by molar-refractivity contribution is -0.119. The van der Waals surface area contributed by atoms with Crippen LogP contribution in [-0.2, 0) is 21.4 Å². The van der Waals surface area contributed by atoms with Crippen molar-refractivity contribution in [2.45, 2.75) is 17.7 Å². The topological polar surface area (TPSA) is 84.3 Å². The van der Waals surface area contributed by atoms with E-state index in [1.54, 1.807) is 17.6 Å². The number of carbonyl (C=O) groups is 1. The van der Waals surface area contributed by atoms with Crippen molar-refractivity contribution in [1.82, 2.24) is 14.9 Å². The SMILES string of the molecule is Cc1nccn1-c1ccccc1CNC(=O)CN(c1ccc(F)cc1)S(=O)(=O)c1cccs1. The summed E-state index contributed by atoms with van der Waals surface area (Å²) in [7, 11) is -3.99. The van der Waals surface area contributed by atoms with Crippen LogP contribution >= 0.6 is 11.3 Å². The number of amides is 1. The Hall–Kier alpha value is -3.50. The van der Waals surface area contributed by atoms with E-state index in [9.17, 15) is 17.6 Å². The van der Waals surface area contributed by atoms with Gasteiger partial charge < -0.3 is 9.88 Å². The maximum absolute atomic E-state index is 13.4. The quantitative estimate of drug-likeness (QED) is 0.411. The summed E-state index contributed by atoms with van der Waals surface area (Å²) in [5.41, 5.74) is 1.92. The zero-order chi connectivity index (χ0) is 23.4. The molecule has 0 spiro atoms. The number of aryl methyl sites for hydroxylation is 1. The Balaban J connectivity index is 1.55. The van der Waals surface area contributed by atoms with Gasteiger partial charge in [0.25, 0.3) is 10.0 Å². The van der Waals surface area contributed by atoms with Gasteiger partial charge >= 0.3 is 0 Å². The molecule has 0 atom stereocenters. The van der Waals surface area contributed by atoms with E-state index in [1.165, 1.54) is 18.2 Å². The summed E-state index contributed by atoms with van der Waals surface area (Å²) in [6.45, 7) is 1.63. The largest absolute Gasteiger partial charge is 0.350 e. The second-order valence-electron chi connectivity index (χ2n) is 7.17. The first-order chi connectivity index (χ1) is 15.9. The number of nitrogens with zero attached hydrogens (tertiary/aromatic N) is 3. The van der Waals surface area contributed by atoms with Crippen LogP contribution in [0, 0.1) is 12.7 Å². The van der Waals surface area contributed by atoms with Gasteiger partial charge in [0.1, 0.15) is 22.4 Å². The summed E-state index contributed by atoms with van der Waals surface area (Å²) < 4.78 is 42.8. The first-order valence-electron chi connectivity index (χ1n) is 10.0. The molecule has 2 aromatic heterocycles. The molecule has 4 aromatic rings. The molecule has 0 fully saturated rings. The number of anilines is 1. The molecule has 0 saturated carbocycles. The fourth-order valence-corrected chi connectivity index (χ4v) is 5.87. The molecule has 2 heterocycles. The fourth-order valence-electron chi connectivity index (χ4n) is 3.35. The summed E-state index contributed by atoms with van der Waals surface area (Å²) in [6.07, 6.45) is 3.53. The minimum absolute atomic E-state index is 0.0977. The van der Waals surface area contributed by atoms with Crippen molar-refractivity contribution in [3.63, 3.8) is 0 Å². The van der Waals surface area contributed by atoms with Gasteiger partial charge in [-0.15, -0.1) is 11.3 Å². The minimum Gasteiger partial charge on any atom is -0.350 e. The van der Waals surface area contributed by atoms with E-state index in [2.05, 4.69) is 10.3 Å². The van der Waals surface area contributed by atoms with Gasteiger partial charge in [-0.05, 0) is 54.3 Å². The summed E-state index contributed by atoms with van der Waals surface area (Å²) in [5, 5.41) is 4.44. The average Bonchev–Trinajstić information content (AvgIpc) is 3.49. The Kier molecular flexibility index (Phi) is 6.57. The molecule has 33 heavy (non-hydrogen) atoms. The summed E-state index contributed by atoms with van der Waals surface area (Å²) in [5.74, 6) is -0.182. The highest BCUT2D eigenvalue weighted by molar-refractivity contribution is 7.94. The molecule has 0 aliphatic carbocycles. The van der Waals surface area contributed by atoms with Gasteiger partial charge in [-0.3, -0.25) is 9.10 Å². The van der Waals surface area contributed by atoms with Crippen molar-refractivity contribution >= 4 is 33.0 Å². The Morgan fingerprint density at radius 3 is 2.55 bits per heavy atom. The van der Waals surface area contributed by atoms with Gasteiger partial charge in [0.2, 0.25) is 5.91 Å². The third-order valence-corrected chi connectivity index (χ3v) is 8.14. The van der Waals surface area contributed by atoms with Gasteiger partial charge in [-0.1, -0.05) is 24.3 Å². The number of thiophene rings is 1. The molecular formula is C23H21FN4O3S2. The number of sulfonamides is 1. The van der Waals surface area contributed by atoms with Crippen LogP contribution in [0.15, 0.2) is 82.6 Å². The van der Waals surface area contributed by atoms with Crippen molar-refractivity contribution in [2.24, 2.45) is 0 Å². The number of carbonyl (C=O) groups excluding carboxylic acids is 1. The number of hydrogen-bond donors (Lipinski definition) is 1. The zero-order valence-electron chi connectivity index (χ0n) is 17.7. The number of imidazole rings is 1. The molecule has 0 aliphatic heterocycles. The predicted molar refractivity (Wildman–Crippen MR) is 125 cm³/mol. The second kappa shape index (κ2) is 9.55. The van der Waals surface area contributed by atoms with Gasteiger partial charge in [-0.2, -0.15) is 0 Å². The summed E-state index contributed by atoms with van der Waals surface area (Å²) in [6, 6.07) is 15.6. The average molecular weight is 485 g/mol. The highest BCUT2D eigenvalue weighted by Gasteiger charge is 2.28. The van der Waals surface area contributed by atoms with Crippen LogP contribution in [0.3, 0.4) is 0 Å². The smallest absolute Gasteiger partial charge is 0.274 e. The molecule has 0 radical (unpaired) electrons. The van der Waals surface area contributed by atoms with Gasteiger partial charge in [0, 0.05) is 18.9 Å². The molecule has 0 saturated heterocycles. The lowest BCUT2D eigenvalue weighted by Crippen LogP contribution is -2.40. The number of hydrogen-bond acceptors (Lipinski definition) is 5. The van der Waals surface area contributed by atoms with Crippen molar-refractivity contribution in [3.8, 4) is 5.69 Å². The first kappa shape index (κ1) is 22.7. The van der Waals surface area contributed by atoms with Crippen molar-refractivity contribution in [3.05, 3.63) is 95.6 Å². The zero-order valence-corrected chi connectivity index (χ0v) is 19.3. The van der Waals surface area contributed by atoms with Crippen molar-refractivity contribution in [2.75, 3.05) is 10.8 Å². The number of nitrogens with one attached hydrogen (secondary N) is 1. The molecule has 4 rings (SSSR count). The van der Waals surface area contributed by atoms with Crippen LogP contribution in [0.2, 0.25) is 0 Å². The Labute approximate surface area is 195 Å². The van der Waals surface area contributed by atoms with E-state index < -0.39 is 28.3 Å². The second-order valence-corrected chi connectivity index (χ2v) is 10.2. The highest BCUT2D eigenvalue weighted by Crippen LogP contribution is 2.26. The van der Waals surface area contributed by atoms with E-state index in [-0.39, 0.29) is 16.4 Å². The molecule has 2 aromatic carbocycles. The van der Waals surface area contributed by atoms with E-state index in [0.717, 1.165) is 44.8 Å². The van der Waals surface area contributed by atoms with Crippen LogP contribution in [-0.4, -0.2) is 30.4 Å². The van der Waals surface area contributed by atoms with Gasteiger partial charge in [-0.25, -0.2) is 17.8 Å². The molecular weight excluding hydrogens is 463 g/mol. The lowest BCUT2D eigenvalue weighted by Gasteiger charge is -2.23. The summed E-state index contributed by atoms with van der Waals surface area (Å²) >= 11 is 1.05. The monoisotopic (exact) mass is 484 g/mol. The third-order valence-electron chi connectivity index (χ3n) is 4.99. The van der Waals surface area contributed by atoms with E-state index in [1.807, 2.05) is 42.0 Å². The van der Waals surface area contributed by atoms with Crippen molar-refractivity contribution in [1.29, 1.82) is 0 Å². The van der Waals surface area contributed by atoms with Crippen LogP contribution in [0.25, 0.3) is 5.69 Å². The van der Waals surface area contributed by atoms with Crippen LogP contribution in [0.5, 0.6) is 0 Å². The lowest BCUT2D eigenvalue weighted by atomic mass is 10.1. The Morgan fingerprint density at radius 2 is 1.88 bits per heavy atom. The van der Waals surface area contributed by atoms with Crippen molar-refractivity contribution < 1.29 is 17.6 Å². The Bertz CT molecular complexity index is 1350. The Morgan fingerprint density at radius 1 is 1.12 bits per heavy atom. The molecule has 1 amide bonds. The minimum atomic E-state index is -3.99. The maximum Gasteiger partial charge on any atom is 0.274 e. The standard InChI is InChI=1S/C23H21FN4O3S2/c1-17-25-12-13-27(17)21-6-3-2-5-18(21)15-26-22(29)16-28(20-10-8-19(24)9-11-20)33(30,31)23-7-4-14-32-23/h2-14H,15-16H2,1H3,(H,26,29). The first-order valence-corrected chi connectivity index (χ1v) is 12.3. The van der Waals surface area contributed by atoms with Crippen LogP contribution < -0.4 is 9.62 Å². The molecule has 0 unspecified atom stereocenters. The number of para-hydroxylation sites is 1. The number of aromatic nitrogens is 2. The van der Waals surface area contributed by atoms with E-state index in [0.29, 0.717) is 0 Å². The van der Waals surface area contributed by atoms with Gasteiger partial charge in [0.15, 0.2) is 0 Å². The predicted octanol–water partition coefficient (Wildman–Crippen LogP) is 3.89. The molecule has 7 nitrogen and oxygen atoms in total. The normalized spacial score (nSPS) is 11.3. The number of rotatable bonds is 8. The third kappa shape index (κ3) is 4.96. The molecule has 1 N–H and O–H groups in total. The van der Waals surface area contributed by atoms with Crippen LogP contribution in [0.1, 0.15) is 11.4 Å². The van der Waals surface area contributed by atoms with Gasteiger partial charge in [0.05, 0.1) is 11.4 Å². The fraction of sp³-hybridized carbons (Fsp3) is 0.130. The maximum atomic E-state index is 13.4. The molecule has 0 bridgehead atoms. The summed E-state index contributed by atoms with van der Waals surface area (Å²) in [4.78, 5) is 17.1. The highest BCUT2D eigenvalue weighted by atomic mass is 32.2. The number of benzene rings is 2. The molecule has 10 heteroatoms.